The molecule has 0 radical (unpaired) electrons. The van der Waals surface area contributed by atoms with E-state index in [9.17, 15) is 0 Å². The van der Waals surface area contributed by atoms with E-state index in [4.69, 9.17) is 0 Å². The number of aromatic nitrogens is 4. The van der Waals surface area contributed by atoms with Gasteiger partial charge in [-0.05, 0) is 12.1 Å². The maximum absolute atomic E-state index is 4.42. The van der Waals surface area contributed by atoms with Crippen molar-refractivity contribution in [1.29, 1.82) is 0 Å². The first-order valence-electron chi connectivity index (χ1n) is 4.64. The molecule has 4 nitrogen and oxygen atoms in total. The molecule has 72 valence electrons. The molecule has 4 heteroatoms. The minimum Gasteiger partial charge on any atom is -0.337 e. The third-order valence-corrected chi connectivity index (χ3v) is 2.20. The second-order valence-electron chi connectivity index (χ2n) is 3.19. The lowest BCUT2D eigenvalue weighted by molar-refractivity contribution is 1.17. The summed E-state index contributed by atoms with van der Waals surface area (Å²) in [7, 11) is 0. The van der Waals surface area contributed by atoms with E-state index in [0.717, 1.165) is 22.6 Å². The number of benzene rings is 1. The molecule has 2 heterocycles. The van der Waals surface area contributed by atoms with Gasteiger partial charge in [0.2, 0.25) is 0 Å². The fourth-order valence-electron chi connectivity index (χ4n) is 1.50. The fraction of sp³-hybridized carbons (Fsp3) is 0. The highest BCUT2D eigenvalue weighted by atomic mass is 15.0. The summed E-state index contributed by atoms with van der Waals surface area (Å²) in [5.74, 6) is 0.754. The van der Waals surface area contributed by atoms with Crippen molar-refractivity contribution in [3.05, 3.63) is 42.9 Å². The van der Waals surface area contributed by atoms with Gasteiger partial charge in [-0.1, -0.05) is 12.1 Å². The van der Waals surface area contributed by atoms with Crippen LogP contribution < -0.4 is 0 Å². The van der Waals surface area contributed by atoms with Gasteiger partial charge in [-0.25, -0.2) is 9.97 Å². The Labute approximate surface area is 86.0 Å². The van der Waals surface area contributed by atoms with Crippen molar-refractivity contribution in [3.63, 3.8) is 0 Å². The quantitative estimate of drug-likeness (QED) is 0.647. The number of nitrogens with one attached hydrogen (secondary N) is 1. The molecule has 0 amide bonds. The highest BCUT2D eigenvalue weighted by Crippen LogP contribution is 2.16. The smallest absolute Gasteiger partial charge is 0.158 e. The average molecular weight is 196 g/mol. The molecular weight excluding hydrogens is 188 g/mol. The molecule has 0 saturated carbocycles. The third kappa shape index (κ3) is 1.36. The lowest BCUT2D eigenvalue weighted by Gasteiger charge is -1.91. The van der Waals surface area contributed by atoms with Crippen molar-refractivity contribution in [2.24, 2.45) is 0 Å². The van der Waals surface area contributed by atoms with Crippen LogP contribution >= 0.6 is 0 Å². The van der Waals surface area contributed by atoms with Gasteiger partial charge in [0.15, 0.2) is 5.82 Å². The Morgan fingerprint density at radius 3 is 2.80 bits per heavy atom. The summed E-state index contributed by atoms with van der Waals surface area (Å²) in [6.07, 6.45) is 4.99. The number of hydrogen-bond acceptors (Lipinski definition) is 3. The van der Waals surface area contributed by atoms with Gasteiger partial charge in [0.05, 0.1) is 17.2 Å². The van der Waals surface area contributed by atoms with Gasteiger partial charge in [0, 0.05) is 12.4 Å². The lowest BCUT2D eigenvalue weighted by atomic mass is 10.3. The van der Waals surface area contributed by atoms with E-state index in [0.29, 0.717) is 0 Å². The van der Waals surface area contributed by atoms with E-state index in [1.165, 1.54) is 0 Å². The predicted molar refractivity (Wildman–Crippen MR) is 57.1 cm³/mol. The van der Waals surface area contributed by atoms with Crippen LogP contribution in [0.1, 0.15) is 0 Å². The third-order valence-electron chi connectivity index (χ3n) is 2.20. The zero-order valence-corrected chi connectivity index (χ0v) is 7.88. The summed E-state index contributed by atoms with van der Waals surface area (Å²) in [5, 5.41) is 0. The molecule has 2 aromatic heterocycles. The second kappa shape index (κ2) is 3.16. The molecule has 0 aliphatic carbocycles. The first-order valence-corrected chi connectivity index (χ1v) is 4.64. The molecule has 0 aliphatic rings. The molecule has 0 atom stereocenters. The Kier molecular flexibility index (Phi) is 1.71. The molecule has 3 rings (SSSR count). The van der Waals surface area contributed by atoms with Gasteiger partial charge in [0.1, 0.15) is 5.69 Å². The maximum Gasteiger partial charge on any atom is 0.158 e. The SMILES string of the molecule is c1ccc2[nH]c(-c3cnccn3)nc2c1. The van der Waals surface area contributed by atoms with Gasteiger partial charge in [-0.2, -0.15) is 0 Å². The van der Waals surface area contributed by atoms with Crippen LogP contribution in [0.4, 0.5) is 0 Å². The van der Waals surface area contributed by atoms with Crippen LogP contribution in [-0.4, -0.2) is 19.9 Å². The highest BCUT2D eigenvalue weighted by Gasteiger charge is 2.04. The van der Waals surface area contributed by atoms with E-state index in [1.54, 1.807) is 18.6 Å². The molecule has 1 aromatic carbocycles. The normalized spacial score (nSPS) is 10.7. The van der Waals surface area contributed by atoms with Gasteiger partial charge in [-0.3, -0.25) is 4.98 Å². The average Bonchev–Trinajstić information content (AvgIpc) is 2.74. The van der Waals surface area contributed by atoms with Gasteiger partial charge >= 0.3 is 0 Å². The molecule has 3 aromatic rings. The van der Waals surface area contributed by atoms with E-state index < -0.39 is 0 Å². The summed E-state index contributed by atoms with van der Waals surface area (Å²) in [5.41, 5.74) is 2.71. The zero-order chi connectivity index (χ0) is 10.1. The zero-order valence-electron chi connectivity index (χ0n) is 7.88. The number of hydrogen-bond donors (Lipinski definition) is 1. The maximum atomic E-state index is 4.42. The van der Waals surface area contributed by atoms with Crippen LogP contribution in [-0.2, 0) is 0 Å². The van der Waals surface area contributed by atoms with E-state index in [2.05, 4.69) is 19.9 Å². The summed E-state index contributed by atoms with van der Waals surface area (Å²) in [6, 6.07) is 7.89. The number of imidazole rings is 1. The molecule has 0 aliphatic heterocycles. The predicted octanol–water partition coefficient (Wildman–Crippen LogP) is 2.02. The highest BCUT2D eigenvalue weighted by molar-refractivity contribution is 5.78. The fourth-order valence-corrected chi connectivity index (χ4v) is 1.50. The molecule has 15 heavy (non-hydrogen) atoms. The first-order chi connectivity index (χ1) is 7.43. The summed E-state index contributed by atoms with van der Waals surface area (Å²) >= 11 is 0. The number of para-hydroxylation sites is 2. The molecule has 0 saturated heterocycles. The Bertz CT molecular complexity index is 553. The minimum atomic E-state index is 0.754. The van der Waals surface area contributed by atoms with E-state index in [1.807, 2.05) is 24.3 Å². The molecule has 1 N–H and O–H groups in total. The second-order valence-corrected chi connectivity index (χ2v) is 3.19. The molecular formula is C11H8N4. The van der Waals surface area contributed by atoms with Gasteiger partial charge in [0.25, 0.3) is 0 Å². The van der Waals surface area contributed by atoms with Crippen molar-refractivity contribution in [3.8, 4) is 11.5 Å². The number of nitrogens with zero attached hydrogens (tertiary/aromatic N) is 3. The summed E-state index contributed by atoms with van der Waals surface area (Å²) < 4.78 is 0. The Morgan fingerprint density at radius 2 is 2.00 bits per heavy atom. The Hall–Kier alpha value is -2.23. The largest absolute Gasteiger partial charge is 0.337 e. The number of fused-ring (bicyclic) bond motifs is 1. The van der Waals surface area contributed by atoms with E-state index in [-0.39, 0.29) is 0 Å². The van der Waals surface area contributed by atoms with Crippen molar-refractivity contribution < 1.29 is 0 Å². The number of H-pyrrole nitrogens is 1. The van der Waals surface area contributed by atoms with Crippen LogP contribution in [0.3, 0.4) is 0 Å². The Morgan fingerprint density at radius 1 is 1.07 bits per heavy atom. The van der Waals surface area contributed by atoms with Crippen molar-refractivity contribution >= 4 is 11.0 Å². The van der Waals surface area contributed by atoms with Crippen molar-refractivity contribution in [2.45, 2.75) is 0 Å². The Balaban J connectivity index is 2.21. The first kappa shape index (κ1) is 8.11. The molecule has 0 fully saturated rings. The van der Waals surface area contributed by atoms with Gasteiger partial charge < -0.3 is 4.98 Å². The van der Waals surface area contributed by atoms with Crippen LogP contribution in [0.5, 0.6) is 0 Å². The molecule has 0 spiro atoms. The number of aromatic amines is 1. The standard InChI is InChI=1S/C11H8N4/c1-2-4-9-8(3-1)14-11(15-9)10-7-12-5-6-13-10/h1-7H,(H,14,15). The minimum absolute atomic E-state index is 0.754. The lowest BCUT2D eigenvalue weighted by Crippen LogP contribution is -1.85. The van der Waals surface area contributed by atoms with Crippen LogP contribution in [0.2, 0.25) is 0 Å². The van der Waals surface area contributed by atoms with Gasteiger partial charge in [-0.15, -0.1) is 0 Å². The number of rotatable bonds is 1. The van der Waals surface area contributed by atoms with Crippen molar-refractivity contribution in [2.75, 3.05) is 0 Å². The summed E-state index contributed by atoms with van der Waals surface area (Å²) in [6.45, 7) is 0. The molecule has 0 bridgehead atoms. The van der Waals surface area contributed by atoms with Crippen LogP contribution in [0, 0.1) is 0 Å². The topological polar surface area (TPSA) is 54.5 Å². The van der Waals surface area contributed by atoms with Crippen LogP contribution in [0.15, 0.2) is 42.9 Å². The van der Waals surface area contributed by atoms with Crippen molar-refractivity contribution in [1.82, 2.24) is 19.9 Å². The van der Waals surface area contributed by atoms with Crippen LogP contribution in [0.25, 0.3) is 22.6 Å². The summed E-state index contributed by atoms with van der Waals surface area (Å²) in [4.78, 5) is 15.8. The monoisotopic (exact) mass is 196 g/mol. The molecule has 0 unspecified atom stereocenters. The van der Waals surface area contributed by atoms with E-state index >= 15 is 0 Å².